The molecule has 0 radical (unpaired) electrons. The first-order valence-corrected chi connectivity index (χ1v) is 8.07. The Morgan fingerprint density at radius 1 is 1.35 bits per heavy atom. The van der Waals surface area contributed by atoms with Gasteiger partial charge in [-0.05, 0) is 30.6 Å². The minimum atomic E-state index is 0.565. The number of aliphatic imine (C=N–C) groups is 1. The van der Waals surface area contributed by atoms with Crippen molar-refractivity contribution in [3.8, 4) is 0 Å². The van der Waals surface area contributed by atoms with Crippen LogP contribution in [0, 0.1) is 11.3 Å². The van der Waals surface area contributed by atoms with Crippen LogP contribution in [0.4, 0.5) is 0 Å². The van der Waals surface area contributed by atoms with Crippen LogP contribution in [0.5, 0.6) is 0 Å². The molecular weight excluding hydrogens is 228 g/mol. The maximum Gasteiger partial charge on any atom is 0.156 e. The highest BCUT2D eigenvalue weighted by molar-refractivity contribution is 8.13. The lowest BCUT2D eigenvalue weighted by atomic mass is 9.89. The number of nitrogens with zero attached hydrogens (tertiary/aromatic N) is 1. The van der Waals surface area contributed by atoms with Crippen molar-refractivity contribution in [2.75, 3.05) is 12.3 Å². The Labute approximate surface area is 110 Å². The van der Waals surface area contributed by atoms with Gasteiger partial charge in [0.1, 0.15) is 0 Å². The fraction of sp³-hybridized carbons (Fsp3) is 0.929. The number of hydrogen-bond donors (Lipinski definition) is 1. The minimum absolute atomic E-state index is 0.565. The maximum absolute atomic E-state index is 4.80. The smallest absolute Gasteiger partial charge is 0.156 e. The van der Waals surface area contributed by atoms with Gasteiger partial charge in [-0.1, -0.05) is 45.4 Å². The van der Waals surface area contributed by atoms with Gasteiger partial charge in [0.15, 0.2) is 5.17 Å². The number of thioether (sulfide) groups is 1. The van der Waals surface area contributed by atoms with Crippen LogP contribution in [-0.2, 0) is 0 Å². The molecular formula is C14H26N2S. The molecule has 2 nitrogen and oxygen atoms in total. The number of nitrogens with one attached hydrogen (secondary N) is 1. The Hall–Kier alpha value is -0.180. The molecule has 1 fully saturated rings. The normalized spacial score (nSPS) is 25.1. The summed E-state index contributed by atoms with van der Waals surface area (Å²) >= 11 is 1.96. The summed E-state index contributed by atoms with van der Waals surface area (Å²) in [5.74, 6) is 1.97. The van der Waals surface area contributed by atoms with Gasteiger partial charge in [-0.3, -0.25) is 4.99 Å². The highest BCUT2D eigenvalue weighted by Crippen LogP contribution is 2.43. The lowest BCUT2D eigenvalue weighted by Gasteiger charge is -2.32. The van der Waals surface area contributed by atoms with Crippen LogP contribution in [0.3, 0.4) is 0 Å². The zero-order valence-electron chi connectivity index (χ0n) is 11.5. The van der Waals surface area contributed by atoms with Crippen molar-refractivity contribution in [3.05, 3.63) is 0 Å². The van der Waals surface area contributed by atoms with E-state index in [2.05, 4.69) is 26.1 Å². The van der Waals surface area contributed by atoms with Gasteiger partial charge >= 0.3 is 0 Å². The average molecular weight is 254 g/mol. The van der Waals surface area contributed by atoms with Crippen molar-refractivity contribution in [1.82, 2.24) is 5.32 Å². The molecule has 0 aromatic rings. The Balaban J connectivity index is 1.89. The molecule has 98 valence electrons. The summed E-state index contributed by atoms with van der Waals surface area (Å²) in [4.78, 5) is 4.80. The van der Waals surface area contributed by atoms with Gasteiger partial charge in [0.05, 0.1) is 0 Å². The van der Waals surface area contributed by atoms with Gasteiger partial charge in [0.2, 0.25) is 0 Å². The molecule has 0 bridgehead atoms. The third kappa shape index (κ3) is 3.18. The molecule has 0 aromatic heterocycles. The standard InChI is InChI=1S/C14H26N2S/c1-4-12(11(2)3)16-13-15-9-14(10-17-13)7-5-6-8-14/h11-12H,4-10H2,1-3H3,(H,15,16). The van der Waals surface area contributed by atoms with Crippen LogP contribution >= 0.6 is 11.8 Å². The fourth-order valence-corrected chi connectivity index (χ4v) is 4.18. The average Bonchev–Trinajstić information content (AvgIpc) is 2.77. The molecule has 1 unspecified atom stereocenters. The SMILES string of the molecule is CCC(NC1=NCC2(CCCC2)CS1)C(C)C. The number of hydrogen-bond acceptors (Lipinski definition) is 3. The molecule has 0 saturated heterocycles. The first kappa shape index (κ1) is 13.3. The van der Waals surface area contributed by atoms with Gasteiger partial charge in [-0.15, -0.1) is 0 Å². The van der Waals surface area contributed by atoms with Crippen LogP contribution in [0.1, 0.15) is 52.9 Å². The highest BCUT2D eigenvalue weighted by Gasteiger charge is 2.36. The Morgan fingerprint density at radius 2 is 2.06 bits per heavy atom. The van der Waals surface area contributed by atoms with E-state index in [9.17, 15) is 0 Å². The molecule has 17 heavy (non-hydrogen) atoms. The quantitative estimate of drug-likeness (QED) is 0.831. The molecule has 2 aliphatic rings. The molecule has 2 rings (SSSR count). The highest BCUT2D eigenvalue weighted by atomic mass is 32.2. The molecule has 1 atom stereocenters. The van der Waals surface area contributed by atoms with Crippen molar-refractivity contribution in [1.29, 1.82) is 0 Å². The molecule has 1 heterocycles. The topological polar surface area (TPSA) is 24.4 Å². The van der Waals surface area contributed by atoms with Gasteiger partial charge < -0.3 is 5.32 Å². The second kappa shape index (κ2) is 5.64. The predicted molar refractivity (Wildman–Crippen MR) is 77.7 cm³/mol. The second-order valence-corrected chi connectivity index (χ2v) is 6.98. The number of rotatable bonds is 3. The summed E-state index contributed by atoms with van der Waals surface area (Å²) < 4.78 is 0. The zero-order valence-corrected chi connectivity index (χ0v) is 12.3. The van der Waals surface area contributed by atoms with Crippen molar-refractivity contribution < 1.29 is 0 Å². The van der Waals surface area contributed by atoms with Crippen molar-refractivity contribution in [3.63, 3.8) is 0 Å². The van der Waals surface area contributed by atoms with E-state index in [1.54, 1.807) is 0 Å². The largest absolute Gasteiger partial charge is 0.362 e. The Kier molecular flexibility index (Phi) is 4.40. The van der Waals surface area contributed by atoms with E-state index < -0.39 is 0 Å². The summed E-state index contributed by atoms with van der Waals surface area (Å²) in [7, 11) is 0. The predicted octanol–water partition coefficient (Wildman–Crippen LogP) is 3.67. The van der Waals surface area contributed by atoms with Gasteiger partial charge in [0.25, 0.3) is 0 Å². The van der Waals surface area contributed by atoms with Crippen LogP contribution in [0.15, 0.2) is 4.99 Å². The molecule has 0 amide bonds. The van der Waals surface area contributed by atoms with E-state index in [1.165, 1.54) is 43.0 Å². The van der Waals surface area contributed by atoms with E-state index in [0.29, 0.717) is 17.4 Å². The Morgan fingerprint density at radius 3 is 2.53 bits per heavy atom. The summed E-state index contributed by atoms with van der Waals surface area (Å²) in [5.41, 5.74) is 0.565. The van der Waals surface area contributed by atoms with Crippen LogP contribution in [-0.4, -0.2) is 23.5 Å². The first-order valence-electron chi connectivity index (χ1n) is 7.09. The van der Waals surface area contributed by atoms with Crippen LogP contribution in [0.25, 0.3) is 0 Å². The second-order valence-electron chi connectivity index (χ2n) is 6.02. The minimum Gasteiger partial charge on any atom is -0.362 e. The fourth-order valence-electron chi connectivity index (χ4n) is 2.97. The van der Waals surface area contributed by atoms with E-state index in [0.717, 1.165) is 6.54 Å². The monoisotopic (exact) mass is 254 g/mol. The maximum atomic E-state index is 4.80. The molecule has 1 N–H and O–H groups in total. The van der Waals surface area contributed by atoms with Gasteiger partial charge in [-0.25, -0.2) is 0 Å². The first-order chi connectivity index (χ1) is 8.15. The lowest BCUT2D eigenvalue weighted by molar-refractivity contribution is 0.356. The summed E-state index contributed by atoms with van der Waals surface area (Å²) in [6.45, 7) is 7.89. The third-order valence-electron chi connectivity index (χ3n) is 4.29. The van der Waals surface area contributed by atoms with Crippen LogP contribution < -0.4 is 5.32 Å². The van der Waals surface area contributed by atoms with Crippen molar-refractivity contribution >= 4 is 16.9 Å². The summed E-state index contributed by atoms with van der Waals surface area (Å²) in [5, 5.41) is 4.82. The molecule has 1 aliphatic carbocycles. The number of amidine groups is 1. The zero-order chi connectivity index (χ0) is 12.3. The van der Waals surface area contributed by atoms with Crippen molar-refractivity contribution in [2.45, 2.75) is 58.9 Å². The van der Waals surface area contributed by atoms with Gasteiger partial charge in [-0.2, -0.15) is 0 Å². The van der Waals surface area contributed by atoms with Gasteiger partial charge in [0, 0.05) is 18.3 Å². The molecule has 3 heteroatoms. The van der Waals surface area contributed by atoms with Crippen LogP contribution in [0.2, 0.25) is 0 Å². The molecule has 0 aromatic carbocycles. The van der Waals surface area contributed by atoms with E-state index in [1.807, 2.05) is 11.8 Å². The lowest BCUT2D eigenvalue weighted by Crippen LogP contribution is -2.40. The molecule has 1 aliphatic heterocycles. The van der Waals surface area contributed by atoms with E-state index in [4.69, 9.17) is 4.99 Å². The van der Waals surface area contributed by atoms with E-state index in [-0.39, 0.29) is 0 Å². The molecule has 1 spiro atoms. The summed E-state index contributed by atoms with van der Waals surface area (Å²) in [6.07, 6.45) is 6.82. The van der Waals surface area contributed by atoms with E-state index >= 15 is 0 Å². The van der Waals surface area contributed by atoms with Crippen molar-refractivity contribution in [2.24, 2.45) is 16.3 Å². The molecule has 1 saturated carbocycles. The third-order valence-corrected chi connectivity index (χ3v) is 5.57. The Bertz CT molecular complexity index is 280. The summed E-state index contributed by atoms with van der Waals surface area (Å²) in [6, 6.07) is 0.582.